The largest absolute Gasteiger partial charge is 0.494 e. The van der Waals surface area contributed by atoms with Crippen LogP contribution >= 0.6 is 0 Å². The fourth-order valence-electron chi connectivity index (χ4n) is 2.14. The minimum absolute atomic E-state index is 0.241. The summed E-state index contributed by atoms with van der Waals surface area (Å²) in [6.07, 6.45) is 5.18. The molecule has 1 aromatic carbocycles. The molecule has 0 fully saturated rings. The first-order chi connectivity index (χ1) is 8.72. The zero-order valence-electron chi connectivity index (χ0n) is 10.1. The fourth-order valence-corrected chi connectivity index (χ4v) is 2.14. The van der Waals surface area contributed by atoms with E-state index in [1.807, 2.05) is 11.6 Å². The highest BCUT2D eigenvalue weighted by molar-refractivity contribution is 5.96. The average molecular weight is 245 g/mol. The molecule has 0 radical (unpaired) electrons. The molecule has 5 heteroatoms. The molecule has 0 aliphatic heterocycles. The van der Waals surface area contributed by atoms with E-state index in [9.17, 15) is 4.39 Å². The van der Waals surface area contributed by atoms with Gasteiger partial charge in [-0.3, -0.25) is 0 Å². The standard InChI is InChI=1S/C13H12FN3O/c1-17-7-15-6-10(17)8-5-16-9-3-4-11(18-2)13(14)12(8)9/h3-7,16H,1-2H3. The fraction of sp³-hybridized carbons (Fsp3) is 0.154. The van der Waals surface area contributed by atoms with E-state index in [-0.39, 0.29) is 11.6 Å². The predicted octanol–water partition coefficient (Wildman–Crippen LogP) is 2.72. The van der Waals surface area contributed by atoms with Gasteiger partial charge in [-0.1, -0.05) is 0 Å². The molecule has 2 aromatic heterocycles. The summed E-state index contributed by atoms with van der Waals surface area (Å²) >= 11 is 0. The van der Waals surface area contributed by atoms with Crippen LogP contribution in [0.25, 0.3) is 22.2 Å². The number of fused-ring (bicyclic) bond motifs is 1. The Morgan fingerprint density at radius 1 is 1.39 bits per heavy atom. The van der Waals surface area contributed by atoms with Gasteiger partial charge in [-0.05, 0) is 12.1 Å². The minimum atomic E-state index is -0.354. The number of hydrogen-bond donors (Lipinski definition) is 1. The van der Waals surface area contributed by atoms with Crippen molar-refractivity contribution in [3.8, 4) is 17.0 Å². The second-order valence-electron chi connectivity index (χ2n) is 4.10. The average Bonchev–Trinajstić information content (AvgIpc) is 2.95. The molecule has 92 valence electrons. The summed E-state index contributed by atoms with van der Waals surface area (Å²) in [5, 5.41) is 0.526. The highest BCUT2D eigenvalue weighted by atomic mass is 19.1. The van der Waals surface area contributed by atoms with E-state index in [0.29, 0.717) is 5.39 Å². The van der Waals surface area contributed by atoms with Crippen molar-refractivity contribution < 1.29 is 9.13 Å². The molecule has 0 atom stereocenters. The van der Waals surface area contributed by atoms with Crippen molar-refractivity contribution >= 4 is 10.9 Å². The zero-order chi connectivity index (χ0) is 12.7. The third-order valence-corrected chi connectivity index (χ3v) is 3.06. The topological polar surface area (TPSA) is 42.8 Å². The lowest BCUT2D eigenvalue weighted by molar-refractivity contribution is 0.389. The van der Waals surface area contributed by atoms with Gasteiger partial charge in [0.2, 0.25) is 0 Å². The summed E-state index contributed by atoms with van der Waals surface area (Å²) in [6, 6.07) is 3.41. The second kappa shape index (κ2) is 3.87. The number of aryl methyl sites for hydroxylation is 1. The van der Waals surface area contributed by atoms with Gasteiger partial charge in [-0.2, -0.15) is 0 Å². The van der Waals surface area contributed by atoms with Crippen molar-refractivity contribution in [2.24, 2.45) is 7.05 Å². The lowest BCUT2D eigenvalue weighted by atomic mass is 10.1. The third-order valence-electron chi connectivity index (χ3n) is 3.06. The molecule has 3 aromatic rings. The van der Waals surface area contributed by atoms with Gasteiger partial charge in [0.15, 0.2) is 11.6 Å². The SMILES string of the molecule is COc1ccc2[nH]cc(-c3cncn3C)c2c1F. The van der Waals surface area contributed by atoms with Crippen molar-refractivity contribution in [2.45, 2.75) is 0 Å². The number of H-pyrrole nitrogens is 1. The number of halogens is 1. The molecule has 18 heavy (non-hydrogen) atoms. The van der Waals surface area contributed by atoms with Crippen molar-refractivity contribution in [1.82, 2.24) is 14.5 Å². The summed E-state index contributed by atoms with van der Waals surface area (Å²) in [4.78, 5) is 7.11. The number of methoxy groups -OCH3 is 1. The maximum absolute atomic E-state index is 14.3. The van der Waals surface area contributed by atoms with Gasteiger partial charge in [-0.15, -0.1) is 0 Å². The van der Waals surface area contributed by atoms with Crippen molar-refractivity contribution in [1.29, 1.82) is 0 Å². The molecule has 3 rings (SSSR count). The Morgan fingerprint density at radius 3 is 2.89 bits per heavy atom. The first kappa shape index (κ1) is 10.8. The molecule has 0 amide bonds. The molecule has 0 aliphatic carbocycles. The number of nitrogens with one attached hydrogen (secondary N) is 1. The number of ether oxygens (including phenoxy) is 1. The highest BCUT2D eigenvalue weighted by Crippen LogP contribution is 2.33. The molecular formula is C13H12FN3O. The quantitative estimate of drug-likeness (QED) is 0.754. The second-order valence-corrected chi connectivity index (χ2v) is 4.10. The minimum Gasteiger partial charge on any atom is -0.494 e. The van der Waals surface area contributed by atoms with E-state index >= 15 is 0 Å². The van der Waals surface area contributed by atoms with Crippen LogP contribution in [0.5, 0.6) is 5.75 Å². The molecule has 0 unspecified atom stereocenters. The van der Waals surface area contributed by atoms with Crippen LogP contribution < -0.4 is 4.74 Å². The van der Waals surface area contributed by atoms with Gasteiger partial charge in [0.1, 0.15) is 0 Å². The van der Waals surface area contributed by atoms with Crippen LogP contribution in [-0.4, -0.2) is 21.6 Å². The molecule has 0 spiro atoms. The lowest BCUT2D eigenvalue weighted by Crippen LogP contribution is -1.91. The van der Waals surface area contributed by atoms with Gasteiger partial charge < -0.3 is 14.3 Å². The van der Waals surface area contributed by atoms with Crippen LogP contribution in [0.2, 0.25) is 0 Å². The highest BCUT2D eigenvalue weighted by Gasteiger charge is 2.16. The van der Waals surface area contributed by atoms with Crippen LogP contribution in [0.1, 0.15) is 0 Å². The van der Waals surface area contributed by atoms with E-state index in [4.69, 9.17) is 4.74 Å². The number of aromatic amines is 1. The molecule has 0 saturated heterocycles. The number of rotatable bonds is 2. The number of aromatic nitrogens is 3. The third kappa shape index (κ3) is 1.40. The maximum Gasteiger partial charge on any atom is 0.175 e. The normalized spacial score (nSPS) is 11.1. The number of benzene rings is 1. The van der Waals surface area contributed by atoms with E-state index in [1.165, 1.54) is 7.11 Å². The Kier molecular flexibility index (Phi) is 2.33. The molecule has 1 N–H and O–H groups in total. The summed E-state index contributed by atoms with van der Waals surface area (Å²) < 4.78 is 21.2. The van der Waals surface area contributed by atoms with Crippen molar-refractivity contribution in [2.75, 3.05) is 7.11 Å². The summed E-state index contributed by atoms with van der Waals surface area (Å²) in [5.41, 5.74) is 2.37. The van der Waals surface area contributed by atoms with Gasteiger partial charge >= 0.3 is 0 Å². The van der Waals surface area contributed by atoms with Gasteiger partial charge in [0.05, 0.1) is 25.3 Å². The summed E-state index contributed by atoms with van der Waals surface area (Å²) in [6.45, 7) is 0. The maximum atomic E-state index is 14.3. The Labute approximate surface area is 103 Å². The zero-order valence-corrected chi connectivity index (χ0v) is 10.1. The smallest absolute Gasteiger partial charge is 0.175 e. The molecule has 0 aliphatic rings. The molecular weight excluding hydrogens is 233 g/mol. The van der Waals surface area contributed by atoms with Crippen molar-refractivity contribution in [3.05, 3.63) is 36.7 Å². The van der Waals surface area contributed by atoms with Crippen LogP contribution in [0.15, 0.2) is 30.9 Å². The first-order valence-electron chi connectivity index (χ1n) is 5.52. The Morgan fingerprint density at radius 2 is 2.22 bits per heavy atom. The van der Waals surface area contributed by atoms with Crippen LogP contribution in [0.4, 0.5) is 4.39 Å². The molecule has 2 heterocycles. The Bertz CT molecular complexity index is 714. The number of imidazole rings is 1. The Balaban J connectivity index is 2.34. The predicted molar refractivity (Wildman–Crippen MR) is 67.0 cm³/mol. The summed E-state index contributed by atoms with van der Waals surface area (Å²) in [5.74, 6) is -0.113. The van der Waals surface area contributed by atoms with Crippen LogP contribution in [-0.2, 0) is 7.05 Å². The van der Waals surface area contributed by atoms with E-state index in [0.717, 1.165) is 16.8 Å². The van der Waals surface area contributed by atoms with E-state index in [2.05, 4.69) is 9.97 Å². The van der Waals surface area contributed by atoms with Gasteiger partial charge in [0.25, 0.3) is 0 Å². The van der Waals surface area contributed by atoms with Gasteiger partial charge in [-0.25, -0.2) is 9.37 Å². The molecule has 0 saturated carbocycles. The van der Waals surface area contributed by atoms with Crippen LogP contribution in [0.3, 0.4) is 0 Å². The molecule has 0 bridgehead atoms. The Hall–Kier alpha value is -2.30. The molecule has 4 nitrogen and oxygen atoms in total. The van der Waals surface area contributed by atoms with Crippen molar-refractivity contribution in [3.63, 3.8) is 0 Å². The van der Waals surface area contributed by atoms with Crippen LogP contribution in [0, 0.1) is 5.82 Å². The van der Waals surface area contributed by atoms with E-state index in [1.54, 1.807) is 30.9 Å². The monoisotopic (exact) mass is 245 g/mol. The van der Waals surface area contributed by atoms with E-state index < -0.39 is 0 Å². The van der Waals surface area contributed by atoms with Gasteiger partial charge in [0, 0.05) is 29.7 Å². The number of nitrogens with zero attached hydrogens (tertiary/aromatic N) is 2. The number of hydrogen-bond acceptors (Lipinski definition) is 2. The first-order valence-corrected chi connectivity index (χ1v) is 5.52. The lowest BCUT2D eigenvalue weighted by Gasteiger charge is -2.05. The summed E-state index contributed by atoms with van der Waals surface area (Å²) in [7, 11) is 3.33.